The maximum Gasteiger partial charge on any atom is 0.119 e. The normalized spacial score (nSPS) is 17.2. The minimum Gasteiger partial charge on any atom is -0.491 e. The lowest BCUT2D eigenvalue weighted by atomic mass is 9.97. The molecule has 2 aromatic rings. The highest BCUT2D eigenvalue weighted by Gasteiger charge is 2.26. The molecule has 1 atom stereocenters. The maximum atomic E-state index is 5.73. The standard InChI is InChI=1S/C19H25NO2S.ClH/c1-3-18-17-8-12-23-19(17)7-9-20(18)14-15-5-4-6-16(13-15)22-11-10-21-2;/h4-6,8,12-13,18H,3,7,9-11,14H2,1-2H3;1H. The Morgan fingerprint density at radius 2 is 2.12 bits per heavy atom. The van der Waals surface area contributed by atoms with Crippen LogP contribution in [-0.4, -0.2) is 31.8 Å². The van der Waals surface area contributed by atoms with Gasteiger partial charge in [0, 0.05) is 31.1 Å². The zero-order valence-corrected chi connectivity index (χ0v) is 16.0. The van der Waals surface area contributed by atoms with Crippen LogP contribution in [0.1, 0.15) is 35.4 Å². The maximum absolute atomic E-state index is 5.73. The van der Waals surface area contributed by atoms with Crippen molar-refractivity contribution >= 4 is 23.7 Å². The molecule has 2 heterocycles. The van der Waals surface area contributed by atoms with Crippen molar-refractivity contribution in [1.29, 1.82) is 0 Å². The summed E-state index contributed by atoms with van der Waals surface area (Å²) in [5.74, 6) is 0.931. The first-order chi connectivity index (χ1) is 11.3. The Bertz CT molecular complexity index is 631. The van der Waals surface area contributed by atoms with Crippen LogP contribution in [0, 0.1) is 0 Å². The Labute approximate surface area is 155 Å². The Hall–Kier alpha value is -1.07. The molecule has 1 unspecified atom stereocenters. The first-order valence-electron chi connectivity index (χ1n) is 8.32. The van der Waals surface area contributed by atoms with Crippen LogP contribution in [0.5, 0.6) is 5.75 Å². The molecule has 0 N–H and O–H groups in total. The highest BCUT2D eigenvalue weighted by molar-refractivity contribution is 7.10. The Morgan fingerprint density at radius 1 is 1.25 bits per heavy atom. The number of hydrogen-bond acceptors (Lipinski definition) is 4. The van der Waals surface area contributed by atoms with Crippen LogP contribution in [0.15, 0.2) is 35.7 Å². The number of ether oxygens (including phenoxy) is 2. The number of halogens is 1. The Morgan fingerprint density at radius 3 is 2.92 bits per heavy atom. The van der Waals surface area contributed by atoms with Crippen molar-refractivity contribution < 1.29 is 9.47 Å². The molecule has 0 radical (unpaired) electrons. The topological polar surface area (TPSA) is 21.7 Å². The van der Waals surface area contributed by atoms with E-state index in [-0.39, 0.29) is 12.4 Å². The first kappa shape index (κ1) is 19.3. The molecule has 1 aliphatic rings. The lowest BCUT2D eigenvalue weighted by molar-refractivity contribution is 0.146. The molecule has 5 heteroatoms. The molecule has 0 spiro atoms. The van der Waals surface area contributed by atoms with Gasteiger partial charge in [-0.3, -0.25) is 4.90 Å². The van der Waals surface area contributed by atoms with Gasteiger partial charge in [-0.2, -0.15) is 0 Å². The highest BCUT2D eigenvalue weighted by atomic mass is 35.5. The summed E-state index contributed by atoms with van der Waals surface area (Å²) in [6.07, 6.45) is 2.33. The van der Waals surface area contributed by atoms with Crippen LogP contribution in [-0.2, 0) is 17.7 Å². The van der Waals surface area contributed by atoms with E-state index in [1.54, 1.807) is 12.0 Å². The van der Waals surface area contributed by atoms with Crippen LogP contribution < -0.4 is 4.74 Å². The summed E-state index contributed by atoms with van der Waals surface area (Å²) in [5, 5.41) is 2.24. The van der Waals surface area contributed by atoms with Crippen molar-refractivity contribution in [3.8, 4) is 5.75 Å². The molecular weight excluding hydrogens is 342 g/mol. The predicted octanol–water partition coefficient (Wildman–Crippen LogP) is 4.70. The van der Waals surface area contributed by atoms with Crippen LogP contribution in [0.4, 0.5) is 0 Å². The van der Waals surface area contributed by atoms with E-state index in [2.05, 4.69) is 41.5 Å². The SMILES string of the molecule is CCC1c2ccsc2CCN1Cc1cccc(OCCOC)c1.Cl. The second-order valence-corrected chi connectivity index (χ2v) is 6.93. The van der Waals surface area contributed by atoms with Crippen molar-refractivity contribution in [2.75, 3.05) is 26.9 Å². The van der Waals surface area contributed by atoms with Gasteiger partial charge in [0.25, 0.3) is 0 Å². The molecule has 24 heavy (non-hydrogen) atoms. The van der Waals surface area contributed by atoms with Crippen LogP contribution in [0.2, 0.25) is 0 Å². The Balaban J connectivity index is 0.00000208. The lowest BCUT2D eigenvalue weighted by Crippen LogP contribution is -2.33. The fourth-order valence-corrected chi connectivity index (χ4v) is 4.25. The largest absolute Gasteiger partial charge is 0.491 e. The zero-order chi connectivity index (χ0) is 16.1. The van der Waals surface area contributed by atoms with E-state index >= 15 is 0 Å². The fraction of sp³-hybridized carbons (Fsp3) is 0.474. The van der Waals surface area contributed by atoms with E-state index in [1.807, 2.05) is 17.4 Å². The minimum atomic E-state index is 0. The number of methoxy groups -OCH3 is 1. The van der Waals surface area contributed by atoms with Gasteiger partial charge in [-0.15, -0.1) is 23.7 Å². The van der Waals surface area contributed by atoms with Gasteiger partial charge in [-0.05, 0) is 47.5 Å². The van der Waals surface area contributed by atoms with Gasteiger partial charge in [0.1, 0.15) is 12.4 Å². The van der Waals surface area contributed by atoms with Gasteiger partial charge in [-0.1, -0.05) is 19.1 Å². The zero-order valence-electron chi connectivity index (χ0n) is 14.4. The van der Waals surface area contributed by atoms with Gasteiger partial charge >= 0.3 is 0 Å². The molecule has 1 aliphatic heterocycles. The number of benzene rings is 1. The molecular formula is C19H26ClNO2S. The summed E-state index contributed by atoms with van der Waals surface area (Å²) in [4.78, 5) is 4.17. The van der Waals surface area contributed by atoms with E-state index in [4.69, 9.17) is 9.47 Å². The van der Waals surface area contributed by atoms with Crippen molar-refractivity contribution in [2.24, 2.45) is 0 Å². The third kappa shape index (κ3) is 4.51. The van der Waals surface area contributed by atoms with E-state index in [0.717, 1.165) is 25.3 Å². The van der Waals surface area contributed by atoms with Gasteiger partial charge in [0.05, 0.1) is 6.61 Å². The van der Waals surface area contributed by atoms with E-state index in [1.165, 1.54) is 17.5 Å². The summed E-state index contributed by atoms with van der Waals surface area (Å²) < 4.78 is 10.8. The summed E-state index contributed by atoms with van der Waals surface area (Å²) >= 11 is 1.91. The van der Waals surface area contributed by atoms with Crippen molar-refractivity contribution in [3.63, 3.8) is 0 Å². The molecule has 0 saturated heterocycles. The average molecular weight is 368 g/mol. The predicted molar refractivity (Wildman–Crippen MR) is 103 cm³/mol. The van der Waals surface area contributed by atoms with Crippen molar-refractivity contribution in [2.45, 2.75) is 32.4 Å². The van der Waals surface area contributed by atoms with E-state index < -0.39 is 0 Å². The monoisotopic (exact) mass is 367 g/mol. The first-order valence-corrected chi connectivity index (χ1v) is 9.20. The molecule has 1 aromatic carbocycles. The van der Waals surface area contributed by atoms with Crippen LogP contribution >= 0.6 is 23.7 Å². The summed E-state index contributed by atoms with van der Waals surface area (Å²) in [6, 6.07) is 11.3. The summed E-state index contributed by atoms with van der Waals surface area (Å²) in [6.45, 7) is 5.62. The van der Waals surface area contributed by atoms with Crippen molar-refractivity contribution in [3.05, 3.63) is 51.7 Å². The molecule has 0 aliphatic carbocycles. The molecule has 0 saturated carbocycles. The molecule has 1 aromatic heterocycles. The van der Waals surface area contributed by atoms with Crippen LogP contribution in [0.25, 0.3) is 0 Å². The third-order valence-corrected chi connectivity index (χ3v) is 5.43. The lowest BCUT2D eigenvalue weighted by Gasteiger charge is -2.35. The molecule has 3 nitrogen and oxygen atoms in total. The molecule has 3 rings (SSSR count). The van der Waals surface area contributed by atoms with Gasteiger partial charge in [0.2, 0.25) is 0 Å². The number of fused-ring (bicyclic) bond motifs is 1. The smallest absolute Gasteiger partial charge is 0.119 e. The second kappa shape index (κ2) is 9.42. The van der Waals surface area contributed by atoms with Gasteiger partial charge in [-0.25, -0.2) is 0 Å². The van der Waals surface area contributed by atoms with Gasteiger partial charge in [0.15, 0.2) is 0 Å². The van der Waals surface area contributed by atoms with E-state index in [9.17, 15) is 0 Å². The minimum absolute atomic E-state index is 0. The fourth-order valence-electron chi connectivity index (χ4n) is 3.33. The molecule has 0 amide bonds. The number of nitrogens with zero attached hydrogens (tertiary/aromatic N) is 1. The summed E-state index contributed by atoms with van der Waals surface area (Å²) in [5.41, 5.74) is 2.85. The van der Waals surface area contributed by atoms with E-state index in [0.29, 0.717) is 19.3 Å². The molecule has 132 valence electrons. The quantitative estimate of drug-likeness (QED) is 0.662. The number of thiophene rings is 1. The molecule has 0 bridgehead atoms. The molecule has 0 fully saturated rings. The second-order valence-electron chi connectivity index (χ2n) is 5.93. The van der Waals surface area contributed by atoms with Crippen LogP contribution in [0.3, 0.4) is 0 Å². The average Bonchev–Trinajstić information content (AvgIpc) is 3.04. The highest BCUT2D eigenvalue weighted by Crippen LogP contribution is 2.36. The number of rotatable bonds is 7. The van der Waals surface area contributed by atoms with Crippen molar-refractivity contribution in [1.82, 2.24) is 4.90 Å². The Kier molecular flexibility index (Phi) is 7.56. The number of hydrogen-bond donors (Lipinski definition) is 0. The summed E-state index contributed by atoms with van der Waals surface area (Å²) in [7, 11) is 1.69. The van der Waals surface area contributed by atoms with Gasteiger partial charge < -0.3 is 9.47 Å². The third-order valence-electron chi connectivity index (χ3n) is 4.43.